The summed E-state index contributed by atoms with van der Waals surface area (Å²) in [6.45, 7) is 2.34. The third-order valence-electron chi connectivity index (χ3n) is 5.58. The summed E-state index contributed by atoms with van der Waals surface area (Å²) < 4.78 is 22.9. The Morgan fingerprint density at radius 3 is 2.33 bits per heavy atom. The van der Waals surface area contributed by atoms with Gasteiger partial charge in [-0.15, -0.1) is 0 Å². The number of carbonyl (C=O) groups is 2. The summed E-state index contributed by atoms with van der Waals surface area (Å²) in [6.07, 6.45) is 0.639. The van der Waals surface area contributed by atoms with Crippen molar-refractivity contribution in [3.63, 3.8) is 0 Å². The van der Waals surface area contributed by atoms with Crippen molar-refractivity contribution in [3.8, 4) is 0 Å². The molecule has 0 saturated carbocycles. The minimum atomic E-state index is -3.74. The van der Waals surface area contributed by atoms with E-state index in [9.17, 15) is 18.0 Å². The molecular weight excluding hydrogens is 496 g/mol. The number of para-hydroxylation sites is 1. The van der Waals surface area contributed by atoms with Gasteiger partial charge in [0.25, 0.3) is 0 Å². The van der Waals surface area contributed by atoms with Crippen molar-refractivity contribution in [2.24, 2.45) is 10.1 Å². The average Bonchev–Trinajstić information content (AvgIpc) is 3.12. The number of thioether (sulfide) groups is 1. The number of benzene rings is 3. The number of nitrogens with zero attached hydrogens (tertiary/aromatic N) is 2. The zero-order chi connectivity index (χ0) is 25.7. The maximum Gasteiger partial charge on any atom is 0.247 e. The third kappa shape index (κ3) is 6.39. The highest BCUT2D eigenvalue weighted by molar-refractivity contribution is 8.15. The first-order chi connectivity index (χ1) is 17.2. The van der Waals surface area contributed by atoms with Crippen LogP contribution in [0.3, 0.4) is 0 Å². The van der Waals surface area contributed by atoms with Gasteiger partial charge in [-0.25, -0.2) is 18.5 Å². The van der Waals surface area contributed by atoms with E-state index in [-0.39, 0.29) is 23.1 Å². The second kappa shape index (κ2) is 11.1. The predicted molar refractivity (Wildman–Crippen MR) is 144 cm³/mol. The molecule has 1 fully saturated rings. The number of anilines is 2. The monoisotopic (exact) mass is 522 g/mol. The van der Waals surface area contributed by atoms with E-state index in [1.807, 2.05) is 49.4 Å². The van der Waals surface area contributed by atoms with Gasteiger partial charge in [0, 0.05) is 18.7 Å². The number of aliphatic imine (C=N–C) groups is 1. The van der Waals surface area contributed by atoms with Crippen LogP contribution in [0.5, 0.6) is 0 Å². The van der Waals surface area contributed by atoms with Gasteiger partial charge in [0.05, 0.1) is 10.6 Å². The molecular formula is C26H26N4O4S2. The van der Waals surface area contributed by atoms with E-state index in [1.165, 1.54) is 28.8 Å². The highest BCUT2D eigenvalue weighted by Crippen LogP contribution is 2.31. The molecule has 2 amide bonds. The first kappa shape index (κ1) is 25.6. The number of imide groups is 1. The van der Waals surface area contributed by atoms with E-state index < -0.39 is 15.3 Å². The Balaban J connectivity index is 1.48. The molecule has 3 aromatic rings. The van der Waals surface area contributed by atoms with Gasteiger partial charge in [0.2, 0.25) is 21.8 Å². The summed E-state index contributed by atoms with van der Waals surface area (Å²) in [4.78, 5) is 31.8. The van der Waals surface area contributed by atoms with E-state index in [0.29, 0.717) is 23.8 Å². The number of aryl methyl sites for hydroxylation is 1. The van der Waals surface area contributed by atoms with Crippen molar-refractivity contribution in [3.05, 3.63) is 90.0 Å². The molecule has 186 valence electrons. The smallest absolute Gasteiger partial charge is 0.247 e. The SMILES string of the molecule is Cc1ccc(N2C(=O)CC(SC(=NCCc3ccc(S(N)(=O)=O)cc3)Nc3ccccc3)C2=O)cc1. The summed E-state index contributed by atoms with van der Waals surface area (Å²) in [5.41, 5.74) is 3.32. The summed E-state index contributed by atoms with van der Waals surface area (Å²) in [5, 5.41) is 8.34. The standard InChI is InChI=1S/C26H26N4O4S2/c1-18-7-11-21(12-8-18)30-24(31)17-23(25(30)32)35-26(29-20-5-3-2-4-6-20)28-16-15-19-9-13-22(14-10-19)36(27,33)34/h2-14,23H,15-17H2,1H3,(H,28,29)(H2,27,33,34). The number of carbonyl (C=O) groups excluding carboxylic acids is 2. The molecule has 0 bridgehead atoms. The fourth-order valence-electron chi connectivity index (χ4n) is 3.68. The molecule has 0 aromatic heterocycles. The second-order valence-corrected chi connectivity index (χ2v) is 11.1. The third-order valence-corrected chi connectivity index (χ3v) is 7.62. The Kier molecular flexibility index (Phi) is 7.88. The van der Waals surface area contributed by atoms with E-state index in [4.69, 9.17) is 5.14 Å². The van der Waals surface area contributed by atoms with Crippen LogP contribution in [-0.4, -0.2) is 37.2 Å². The van der Waals surface area contributed by atoms with Gasteiger partial charge in [-0.3, -0.25) is 14.6 Å². The van der Waals surface area contributed by atoms with E-state index in [0.717, 1.165) is 16.8 Å². The van der Waals surface area contributed by atoms with E-state index >= 15 is 0 Å². The summed E-state index contributed by atoms with van der Waals surface area (Å²) in [6, 6.07) is 23.1. The largest absolute Gasteiger partial charge is 0.335 e. The summed E-state index contributed by atoms with van der Waals surface area (Å²) in [5.74, 6) is -0.509. The molecule has 0 aliphatic carbocycles. The van der Waals surface area contributed by atoms with Gasteiger partial charge in [-0.1, -0.05) is 59.8 Å². The molecule has 1 heterocycles. The quantitative estimate of drug-likeness (QED) is 0.277. The Labute approximate surface area is 214 Å². The fraction of sp³-hybridized carbons (Fsp3) is 0.192. The van der Waals surface area contributed by atoms with Crippen LogP contribution in [-0.2, 0) is 26.0 Å². The first-order valence-electron chi connectivity index (χ1n) is 11.3. The number of sulfonamides is 1. The molecule has 4 rings (SSSR count). The lowest BCUT2D eigenvalue weighted by molar-refractivity contribution is -0.121. The molecule has 3 aromatic carbocycles. The zero-order valence-corrected chi connectivity index (χ0v) is 21.3. The molecule has 1 aliphatic rings. The number of nitrogens with two attached hydrogens (primary N) is 1. The summed E-state index contributed by atoms with van der Waals surface area (Å²) in [7, 11) is -3.74. The average molecular weight is 523 g/mol. The van der Waals surface area contributed by atoms with Crippen molar-refractivity contribution in [2.75, 3.05) is 16.8 Å². The zero-order valence-electron chi connectivity index (χ0n) is 19.6. The van der Waals surface area contributed by atoms with Gasteiger partial charge in [-0.05, 0) is 55.3 Å². The van der Waals surface area contributed by atoms with Gasteiger partial charge >= 0.3 is 0 Å². The van der Waals surface area contributed by atoms with Gasteiger partial charge in [-0.2, -0.15) is 0 Å². The van der Waals surface area contributed by atoms with Crippen LogP contribution in [0.25, 0.3) is 0 Å². The predicted octanol–water partition coefficient (Wildman–Crippen LogP) is 3.72. The lowest BCUT2D eigenvalue weighted by atomic mass is 10.1. The van der Waals surface area contributed by atoms with Crippen LogP contribution in [0.2, 0.25) is 0 Å². The Morgan fingerprint density at radius 1 is 1.03 bits per heavy atom. The van der Waals surface area contributed by atoms with Crippen LogP contribution in [0.1, 0.15) is 17.5 Å². The number of amides is 2. The number of hydrogen-bond donors (Lipinski definition) is 2. The van der Waals surface area contributed by atoms with Crippen molar-refractivity contribution >= 4 is 50.1 Å². The van der Waals surface area contributed by atoms with Gasteiger partial charge in [0.15, 0.2) is 5.17 Å². The van der Waals surface area contributed by atoms with Crippen LogP contribution in [0, 0.1) is 6.92 Å². The number of rotatable bonds is 7. The Bertz CT molecular complexity index is 1370. The fourth-order valence-corrected chi connectivity index (χ4v) is 5.24. The maximum atomic E-state index is 13.1. The minimum Gasteiger partial charge on any atom is -0.335 e. The van der Waals surface area contributed by atoms with Crippen LogP contribution >= 0.6 is 11.8 Å². The normalized spacial score (nSPS) is 16.4. The highest BCUT2D eigenvalue weighted by Gasteiger charge is 2.40. The molecule has 10 heteroatoms. The number of nitrogens with one attached hydrogen (secondary N) is 1. The number of primary sulfonamides is 1. The topological polar surface area (TPSA) is 122 Å². The molecule has 8 nitrogen and oxygen atoms in total. The number of hydrogen-bond acceptors (Lipinski definition) is 6. The van der Waals surface area contributed by atoms with Gasteiger partial charge < -0.3 is 5.32 Å². The molecule has 1 aliphatic heterocycles. The molecule has 36 heavy (non-hydrogen) atoms. The lowest BCUT2D eigenvalue weighted by Crippen LogP contribution is -2.31. The molecule has 0 spiro atoms. The summed E-state index contributed by atoms with van der Waals surface area (Å²) >= 11 is 1.23. The number of amidine groups is 1. The molecule has 1 saturated heterocycles. The highest BCUT2D eigenvalue weighted by atomic mass is 32.2. The van der Waals surface area contributed by atoms with E-state index in [1.54, 1.807) is 24.3 Å². The van der Waals surface area contributed by atoms with Crippen molar-refractivity contribution in [2.45, 2.75) is 29.9 Å². The lowest BCUT2D eigenvalue weighted by Gasteiger charge is -2.16. The minimum absolute atomic E-state index is 0.0549. The Morgan fingerprint density at radius 2 is 1.69 bits per heavy atom. The van der Waals surface area contributed by atoms with Crippen LogP contribution in [0.15, 0.2) is 88.8 Å². The maximum absolute atomic E-state index is 13.1. The van der Waals surface area contributed by atoms with Crippen LogP contribution < -0.4 is 15.4 Å². The van der Waals surface area contributed by atoms with Crippen molar-refractivity contribution in [1.82, 2.24) is 0 Å². The van der Waals surface area contributed by atoms with Gasteiger partial charge in [0.1, 0.15) is 5.25 Å². The molecule has 3 N–H and O–H groups in total. The van der Waals surface area contributed by atoms with E-state index in [2.05, 4.69) is 10.3 Å². The van der Waals surface area contributed by atoms with Crippen molar-refractivity contribution in [1.29, 1.82) is 0 Å². The molecule has 1 unspecified atom stereocenters. The Hall–Kier alpha value is -3.47. The molecule has 0 radical (unpaired) electrons. The van der Waals surface area contributed by atoms with Crippen LogP contribution in [0.4, 0.5) is 11.4 Å². The second-order valence-electron chi connectivity index (χ2n) is 8.33. The molecule has 1 atom stereocenters. The first-order valence-corrected chi connectivity index (χ1v) is 13.7. The van der Waals surface area contributed by atoms with Crippen molar-refractivity contribution < 1.29 is 18.0 Å².